The molecule has 0 N–H and O–H groups in total. The Morgan fingerprint density at radius 2 is 1.85 bits per heavy atom. The summed E-state index contributed by atoms with van der Waals surface area (Å²) >= 11 is 0. The van der Waals surface area contributed by atoms with Crippen molar-refractivity contribution in [3.05, 3.63) is 11.6 Å². The van der Waals surface area contributed by atoms with Gasteiger partial charge in [0.2, 0.25) is 0 Å². The second-order valence-electron chi connectivity index (χ2n) is 4.11. The van der Waals surface area contributed by atoms with Crippen LogP contribution in [0.15, 0.2) is 11.6 Å². The van der Waals surface area contributed by atoms with Gasteiger partial charge in [0, 0.05) is 0 Å². The van der Waals surface area contributed by atoms with Gasteiger partial charge in [0.15, 0.2) is 5.78 Å². The van der Waals surface area contributed by atoms with Gasteiger partial charge in [-0.2, -0.15) is 0 Å². The van der Waals surface area contributed by atoms with Crippen molar-refractivity contribution < 1.29 is 4.79 Å². The Balaban J connectivity index is 4.78. The van der Waals surface area contributed by atoms with E-state index in [9.17, 15) is 4.79 Å². The van der Waals surface area contributed by atoms with E-state index in [1.165, 1.54) is 0 Å². The molecular formula is C11H21NO. The molecule has 0 aromatic rings. The normalized spacial score (nSPS) is 15.3. The lowest BCUT2D eigenvalue weighted by molar-refractivity contribution is -0.124. The van der Waals surface area contributed by atoms with E-state index in [1.54, 1.807) is 6.08 Å². The Labute approximate surface area is 81.6 Å². The van der Waals surface area contributed by atoms with Gasteiger partial charge in [-0.3, -0.25) is 9.69 Å². The van der Waals surface area contributed by atoms with Gasteiger partial charge < -0.3 is 0 Å². The number of allylic oxidation sites excluding steroid dienone is 1. The molecule has 0 radical (unpaired) electrons. The van der Waals surface area contributed by atoms with Crippen molar-refractivity contribution in [1.29, 1.82) is 0 Å². The highest BCUT2D eigenvalue weighted by molar-refractivity contribution is 5.97. The fourth-order valence-corrected chi connectivity index (χ4v) is 1.13. The van der Waals surface area contributed by atoms with Gasteiger partial charge in [-0.05, 0) is 47.4 Å². The van der Waals surface area contributed by atoms with E-state index in [0.29, 0.717) is 0 Å². The molecule has 2 nitrogen and oxygen atoms in total. The monoisotopic (exact) mass is 183 g/mol. The number of likely N-dealkylation sites (N-methyl/N-ethyl adjacent to an activating group) is 1. The van der Waals surface area contributed by atoms with Gasteiger partial charge >= 0.3 is 0 Å². The number of nitrogens with zero attached hydrogens (tertiary/aromatic N) is 1. The molecule has 0 bridgehead atoms. The molecular weight excluding hydrogens is 162 g/mol. The molecule has 1 unspecified atom stereocenters. The van der Waals surface area contributed by atoms with Crippen LogP contribution in [0.2, 0.25) is 0 Å². The van der Waals surface area contributed by atoms with Gasteiger partial charge in [0.1, 0.15) is 0 Å². The zero-order valence-corrected chi connectivity index (χ0v) is 9.64. The minimum Gasteiger partial charge on any atom is -0.297 e. The molecule has 0 saturated carbocycles. The van der Waals surface area contributed by atoms with Crippen molar-refractivity contribution >= 4 is 5.78 Å². The van der Waals surface area contributed by atoms with Crippen LogP contribution in [0.4, 0.5) is 0 Å². The van der Waals surface area contributed by atoms with Crippen LogP contribution in [0.1, 0.15) is 34.1 Å². The lowest BCUT2D eigenvalue weighted by atomic mass is 9.91. The predicted molar refractivity (Wildman–Crippen MR) is 56.8 cm³/mol. The lowest BCUT2D eigenvalue weighted by Crippen LogP contribution is -2.47. The molecule has 0 spiro atoms. The van der Waals surface area contributed by atoms with Crippen LogP contribution in [0.5, 0.6) is 0 Å². The molecule has 0 aromatic heterocycles. The van der Waals surface area contributed by atoms with Gasteiger partial charge in [0.25, 0.3) is 0 Å². The van der Waals surface area contributed by atoms with E-state index in [2.05, 4.69) is 0 Å². The van der Waals surface area contributed by atoms with E-state index in [4.69, 9.17) is 0 Å². The smallest absolute Gasteiger partial charge is 0.175 e. The zero-order valence-electron chi connectivity index (χ0n) is 9.64. The summed E-state index contributed by atoms with van der Waals surface area (Å²) in [6, 6.07) is 0. The third-order valence-corrected chi connectivity index (χ3v) is 2.63. The molecule has 0 amide bonds. The van der Waals surface area contributed by atoms with E-state index in [0.717, 1.165) is 12.0 Å². The van der Waals surface area contributed by atoms with Crippen molar-refractivity contribution in [1.82, 2.24) is 4.90 Å². The zero-order chi connectivity index (χ0) is 10.6. The number of carbonyl (C=O) groups is 1. The predicted octanol–water partition coefficient (Wildman–Crippen LogP) is 2.25. The van der Waals surface area contributed by atoms with Crippen LogP contribution in [0.3, 0.4) is 0 Å². The van der Waals surface area contributed by atoms with Crippen molar-refractivity contribution in [3.63, 3.8) is 0 Å². The Bertz CT molecular complexity index is 214. The summed E-state index contributed by atoms with van der Waals surface area (Å²) in [4.78, 5) is 13.8. The molecule has 0 aliphatic rings. The van der Waals surface area contributed by atoms with Crippen molar-refractivity contribution in [2.75, 3.05) is 14.1 Å². The van der Waals surface area contributed by atoms with Crippen LogP contribution in [-0.2, 0) is 4.79 Å². The highest BCUT2D eigenvalue weighted by Crippen LogP contribution is 2.18. The van der Waals surface area contributed by atoms with Gasteiger partial charge in [0.05, 0.1) is 5.54 Å². The highest BCUT2D eigenvalue weighted by Gasteiger charge is 2.31. The second-order valence-corrected chi connectivity index (χ2v) is 4.11. The first-order valence-corrected chi connectivity index (χ1v) is 4.71. The molecule has 0 aromatic carbocycles. The van der Waals surface area contributed by atoms with Gasteiger partial charge in [-0.1, -0.05) is 12.5 Å². The molecule has 76 valence electrons. The molecule has 2 heteroatoms. The van der Waals surface area contributed by atoms with Gasteiger partial charge in [-0.15, -0.1) is 0 Å². The van der Waals surface area contributed by atoms with E-state index < -0.39 is 0 Å². The van der Waals surface area contributed by atoms with Gasteiger partial charge in [-0.25, -0.2) is 0 Å². The van der Waals surface area contributed by atoms with Crippen LogP contribution >= 0.6 is 0 Å². The fourth-order valence-electron chi connectivity index (χ4n) is 1.13. The van der Waals surface area contributed by atoms with Crippen LogP contribution in [0, 0.1) is 0 Å². The third-order valence-electron chi connectivity index (χ3n) is 2.63. The van der Waals surface area contributed by atoms with Crippen LogP contribution in [-0.4, -0.2) is 30.3 Å². The fraction of sp³-hybridized carbons (Fsp3) is 0.727. The number of ketones is 1. The number of hydrogen-bond acceptors (Lipinski definition) is 2. The van der Waals surface area contributed by atoms with Crippen molar-refractivity contribution in [3.8, 4) is 0 Å². The van der Waals surface area contributed by atoms with E-state index in [-0.39, 0.29) is 11.3 Å². The van der Waals surface area contributed by atoms with E-state index >= 15 is 0 Å². The van der Waals surface area contributed by atoms with Crippen molar-refractivity contribution in [2.45, 2.75) is 39.7 Å². The Morgan fingerprint density at radius 1 is 1.38 bits per heavy atom. The molecule has 1 atom stereocenters. The SMILES string of the molecule is CCC(C)(C(=O)C=C(C)C)N(C)C. The third kappa shape index (κ3) is 2.96. The number of rotatable bonds is 4. The number of carbonyl (C=O) groups excluding carboxylic acids is 1. The molecule has 0 fully saturated rings. The maximum absolute atomic E-state index is 11.8. The standard InChI is InChI=1S/C11H21NO/c1-7-11(4,12(5)6)10(13)8-9(2)3/h8H,7H2,1-6H3. The Morgan fingerprint density at radius 3 is 2.08 bits per heavy atom. The summed E-state index contributed by atoms with van der Waals surface area (Å²) in [5, 5.41) is 0. The first-order chi connectivity index (χ1) is 5.84. The summed E-state index contributed by atoms with van der Waals surface area (Å²) in [5.41, 5.74) is 0.712. The number of hydrogen-bond donors (Lipinski definition) is 0. The topological polar surface area (TPSA) is 20.3 Å². The lowest BCUT2D eigenvalue weighted by Gasteiger charge is -2.33. The maximum Gasteiger partial charge on any atom is 0.175 e. The summed E-state index contributed by atoms with van der Waals surface area (Å²) in [6.07, 6.45) is 2.56. The molecule has 0 rings (SSSR count). The first kappa shape index (κ1) is 12.4. The molecule has 0 heterocycles. The minimum atomic E-state index is -0.350. The summed E-state index contributed by atoms with van der Waals surface area (Å²) < 4.78 is 0. The maximum atomic E-state index is 11.8. The second kappa shape index (κ2) is 4.56. The molecule has 0 saturated heterocycles. The summed E-state index contributed by atoms with van der Waals surface area (Å²) in [6.45, 7) is 7.92. The quantitative estimate of drug-likeness (QED) is 0.623. The van der Waals surface area contributed by atoms with E-state index in [1.807, 2.05) is 46.7 Å². The summed E-state index contributed by atoms with van der Waals surface area (Å²) in [7, 11) is 3.89. The largest absolute Gasteiger partial charge is 0.297 e. The van der Waals surface area contributed by atoms with Crippen molar-refractivity contribution in [2.24, 2.45) is 0 Å². The summed E-state index contributed by atoms with van der Waals surface area (Å²) in [5.74, 6) is 0.194. The Hall–Kier alpha value is -0.630. The molecule has 0 aliphatic heterocycles. The highest BCUT2D eigenvalue weighted by atomic mass is 16.1. The minimum absolute atomic E-state index is 0.194. The van der Waals surface area contributed by atoms with Crippen LogP contribution < -0.4 is 0 Å². The molecule has 13 heavy (non-hydrogen) atoms. The first-order valence-electron chi connectivity index (χ1n) is 4.71. The average molecular weight is 183 g/mol. The average Bonchev–Trinajstić information content (AvgIpc) is 2.01. The van der Waals surface area contributed by atoms with Crippen LogP contribution in [0.25, 0.3) is 0 Å². The Kier molecular flexibility index (Phi) is 4.34. The molecule has 0 aliphatic carbocycles.